The zero-order valence-corrected chi connectivity index (χ0v) is 12.2. The van der Waals surface area contributed by atoms with E-state index in [1.807, 2.05) is 14.1 Å². The molecular formula is C11H21N7O. The number of carbonyl (C=O) groups is 1. The first-order valence-electron chi connectivity index (χ1n) is 5.94. The van der Waals surface area contributed by atoms with Crippen LogP contribution in [-0.2, 0) is 4.79 Å². The van der Waals surface area contributed by atoms with E-state index in [2.05, 4.69) is 25.6 Å². The third kappa shape index (κ3) is 3.94. The fraction of sp³-hybridized carbons (Fsp3) is 0.636. The molecule has 0 saturated heterocycles. The average molecular weight is 267 g/mol. The van der Waals surface area contributed by atoms with Crippen LogP contribution in [-0.4, -0.2) is 67.0 Å². The van der Waals surface area contributed by atoms with Gasteiger partial charge in [0.05, 0.1) is 0 Å². The Bertz CT molecular complexity index is 447. The fourth-order valence-electron chi connectivity index (χ4n) is 1.38. The van der Waals surface area contributed by atoms with E-state index in [1.54, 1.807) is 33.0 Å². The molecule has 1 unspecified atom stereocenters. The lowest BCUT2D eigenvalue weighted by molar-refractivity contribution is -0.129. The molecule has 0 fully saturated rings. The number of carbonyl (C=O) groups excluding carboxylic acids is 1. The Balaban J connectivity index is 2.94. The van der Waals surface area contributed by atoms with Crippen LogP contribution in [0.2, 0.25) is 0 Å². The molecule has 0 saturated carbocycles. The second-order valence-corrected chi connectivity index (χ2v) is 4.53. The lowest BCUT2D eigenvalue weighted by atomic mass is 10.3. The summed E-state index contributed by atoms with van der Waals surface area (Å²) in [7, 11) is 8.82. The largest absolute Gasteiger partial charge is 0.357 e. The van der Waals surface area contributed by atoms with E-state index < -0.39 is 6.04 Å². The number of amides is 1. The molecule has 1 aromatic rings. The Kier molecular flexibility index (Phi) is 4.85. The minimum atomic E-state index is -0.405. The van der Waals surface area contributed by atoms with Crippen molar-refractivity contribution in [3.05, 3.63) is 0 Å². The van der Waals surface area contributed by atoms with Gasteiger partial charge < -0.3 is 20.4 Å². The smallest absolute Gasteiger partial charge is 0.244 e. The van der Waals surface area contributed by atoms with Crippen LogP contribution in [0.15, 0.2) is 0 Å². The summed E-state index contributed by atoms with van der Waals surface area (Å²) < 4.78 is 0. The van der Waals surface area contributed by atoms with E-state index in [4.69, 9.17) is 0 Å². The van der Waals surface area contributed by atoms with Gasteiger partial charge in [0.1, 0.15) is 6.04 Å². The molecule has 0 bridgehead atoms. The molecule has 1 aromatic heterocycles. The van der Waals surface area contributed by atoms with Gasteiger partial charge in [0.25, 0.3) is 0 Å². The van der Waals surface area contributed by atoms with Gasteiger partial charge in [-0.2, -0.15) is 15.0 Å². The molecule has 1 rings (SSSR count). The van der Waals surface area contributed by atoms with Crippen molar-refractivity contribution in [2.24, 2.45) is 0 Å². The normalized spacial score (nSPS) is 11.7. The van der Waals surface area contributed by atoms with Crippen LogP contribution in [0.1, 0.15) is 6.92 Å². The van der Waals surface area contributed by atoms with Crippen molar-refractivity contribution in [1.29, 1.82) is 0 Å². The Morgan fingerprint density at radius 3 is 2.16 bits per heavy atom. The molecule has 0 aliphatic heterocycles. The van der Waals surface area contributed by atoms with Crippen LogP contribution in [0.3, 0.4) is 0 Å². The molecule has 1 heterocycles. The maximum absolute atomic E-state index is 11.8. The second-order valence-electron chi connectivity index (χ2n) is 4.53. The molecule has 1 amide bonds. The maximum Gasteiger partial charge on any atom is 0.244 e. The Morgan fingerprint density at radius 1 is 1.11 bits per heavy atom. The van der Waals surface area contributed by atoms with E-state index in [1.165, 1.54) is 4.90 Å². The van der Waals surface area contributed by atoms with Gasteiger partial charge in [0.15, 0.2) is 0 Å². The monoisotopic (exact) mass is 267 g/mol. The third-order valence-corrected chi connectivity index (χ3v) is 2.40. The minimum Gasteiger partial charge on any atom is -0.357 e. The van der Waals surface area contributed by atoms with E-state index in [9.17, 15) is 4.79 Å². The summed E-state index contributed by atoms with van der Waals surface area (Å²) in [4.78, 5) is 27.7. The maximum atomic E-state index is 11.8. The third-order valence-electron chi connectivity index (χ3n) is 2.40. The molecule has 106 valence electrons. The standard InChI is InChI=1S/C11H21N7O/c1-7(8(19)17(3)4)13-10-14-9(12-2)15-11(16-10)18(5)6/h7H,1-6H3,(H2,12,13,14,15,16). The molecule has 0 spiro atoms. The molecule has 1 atom stereocenters. The highest BCUT2D eigenvalue weighted by Gasteiger charge is 2.17. The summed E-state index contributed by atoms with van der Waals surface area (Å²) in [6, 6.07) is -0.405. The van der Waals surface area contributed by atoms with Gasteiger partial charge in [-0.15, -0.1) is 0 Å². The van der Waals surface area contributed by atoms with Gasteiger partial charge in [-0.3, -0.25) is 4.79 Å². The molecule has 0 radical (unpaired) electrons. The second kappa shape index (κ2) is 6.17. The minimum absolute atomic E-state index is 0.0437. The molecule has 0 aliphatic carbocycles. The predicted octanol–water partition coefficient (Wildman–Crippen LogP) is -0.132. The molecule has 0 aromatic carbocycles. The summed E-state index contributed by atoms with van der Waals surface area (Å²) in [5.74, 6) is 1.29. The van der Waals surface area contributed by atoms with Crippen LogP contribution < -0.4 is 15.5 Å². The lowest BCUT2D eigenvalue weighted by Gasteiger charge is -2.19. The van der Waals surface area contributed by atoms with Crippen LogP contribution in [0.5, 0.6) is 0 Å². The lowest BCUT2D eigenvalue weighted by Crippen LogP contribution is -2.37. The van der Waals surface area contributed by atoms with Crippen LogP contribution in [0.4, 0.5) is 17.8 Å². The summed E-state index contributed by atoms with van der Waals surface area (Å²) in [5.41, 5.74) is 0. The molecule has 8 heteroatoms. The molecule has 8 nitrogen and oxygen atoms in total. The quantitative estimate of drug-likeness (QED) is 0.768. The van der Waals surface area contributed by atoms with Gasteiger partial charge in [-0.1, -0.05) is 0 Å². The SMILES string of the molecule is CNc1nc(NC(C)C(=O)N(C)C)nc(N(C)C)n1. The van der Waals surface area contributed by atoms with Crippen LogP contribution >= 0.6 is 0 Å². The summed E-state index contributed by atoms with van der Waals surface area (Å²) in [6.45, 7) is 1.76. The van der Waals surface area contributed by atoms with Gasteiger partial charge in [-0.25, -0.2) is 0 Å². The topological polar surface area (TPSA) is 86.3 Å². The predicted molar refractivity (Wildman–Crippen MR) is 75.5 cm³/mol. The van der Waals surface area contributed by atoms with Crippen LogP contribution in [0, 0.1) is 0 Å². The molecule has 2 N–H and O–H groups in total. The highest BCUT2D eigenvalue weighted by atomic mass is 16.2. The van der Waals surface area contributed by atoms with Gasteiger partial charge in [0.2, 0.25) is 23.8 Å². The first-order chi connectivity index (χ1) is 8.85. The van der Waals surface area contributed by atoms with E-state index in [0.29, 0.717) is 17.8 Å². The molecular weight excluding hydrogens is 246 g/mol. The number of anilines is 3. The van der Waals surface area contributed by atoms with Crippen molar-refractivity contribution in [3.8, 4) is 0 Å². The number of nitrogens with zero attached hydrogens (tertiary/aromatic N) is 5. The Morgan fingerprint density at radius 2 is 1.68 bits per heavy atom. The number of aromatic nitrogens is 3. The number of rotatable bonds is 5. The van der Waals surface area contributed by atoms with Crippen molar-refractivity contribution in [1.82, 2.24) is 19.9 Å². The Hall–Kier alpha value is -2.12. The zero-order valence-electron chi connectivity index (χ0n) is 12.2. The number of hydrogen-bond donors (Lipinski definition) is 2. The zero-order chi connectivity index (χ0) is 14.6. The first-order valence-corrected chi connectivity index (χ1v) is 5.94. The fourth-order valence-corrected chi connectivity index (χ4v) is 1.38. The van der Waals surface area contributed by atoms with Crippen molar-refractivity contribution in [2.45, 2.75) is 13.0 Å². The number of likely N-dealkylation sites (N-methyl/N-ethyl adjacent to an activating group) is 1. The van der Waals surface area contributed by atoms with Crippen molar-refractivity contribution < 1.29 is 4.79 Å². The van der Waals surface area contributed by atoms with E-state index >= 15 is 0 Å². The summed E-state index contributed by atoms with van der Waals surface area (Å²) in [6.07, 6.45) is 0. The van der Waals surface area contributed by atoms with Crippen molar-refractivity contribution >= 4 is 23.8 Å². The van der Waals surface area contributed by atoms with Gasteiger partial charge in [0, 0.05) is 35.2 Å². The van der Waals surface area contributed by atoms with Crippen molar-refractivity contribution in [3.63, 3.8) is 0 Å². The van der Waals surface area contributed by atoms with Crippen LogP contribution in [0.25, 0.3) is 0 Å². The number of hydrogen-bond acceptors (Lipinski definition) is 7. The highest BCUT2D eigenvalue weighted by molar-refractivity contribution is 5.83. The Labute approximate surface area is 113 Å². The first kappa shape index (κ1) is 14.9. The summed E-state index contributed by atoms with van der Waals surface area (Å²) in [5, 5.41) is 5.84. The van der Waals surface area contributed by atoms with E-state index in [-0.39, 0.29) is 5.91 Å². The van der Waals surface area contributed by atoms with E-state index in [0.717, 1.165) is 0 Å². The summed E-state index contributed by atoms with van der Waals surface area (Å²) >= 11 is 0. The highest BCUT2D eigenvalue weighted by Crippen LogP contribution is 2.12. The number of nitrogens with one attached hydrogen (secondary N) is 2. The average Bonchev–Trinajstić information content (AvgIpc) is 2.36. The van der Waals surface area contributed by atoms with Gasteiger partial charge in [-0.05, 0) is 6.92 Å². The van der Waals surface area contributed by atoms with Gasteiger partial charge >= 0.3 is 0 Å². The molecule has 0 aliphatic rings. The van der Waals surface area contributed by atoms with Crippen molar-refractivity contribution in [2.75, 3.05) is 50.8 Å². The molecule has 19 heavy (non-hydrogen) atoms.